The molecule has 4 N–H and O–H groups in total. The van der Waals surface area contributed by atoms with Gasteiger partial charge in [0.25, 0.3) is 0 Å². The molecule has 366 valence electrons. The highest BCUT2D eigenvalue weighted by Gasteiger charge is 2.21. The van der Waals surface area contributed by atoms with Gasteiger partial charge in [0.1, 0.15) is 23.0 Å². The summed E-state index contributed by atoms with van der Waals surface area (Å²) in [5.74, 6) is 0.682. The highest BCUT2D eigenvalue weighted by atomic mass is 32.2. The second-order valence-electron chi connectivity index (χ2n) is 19.3. The Kier molecular flexibility index (Phi) is 27.9. The molecule has 0 bridgehead atoms. The van der Waals surface area contributed by atoms with E-state index in [-0.39, 0.29) is 23.0 Å². The zero-order valence-corrected chi connectivity index (χ0v) is 43.6. The van der Waals surface area contributed by atoms with Crippen LogP contribution in [0.25, 0.3) is 11.1 Å². The molecule has 0 heterocycles. The van der Waals surface area contributed by atoms with E-state index in [0.717, 1.165) is 85.1 Å². The number of hydrogen-bond acceptors (Lipinski definition) is 6. The smallest absolute Gasteiger partial charge is 0.137 e. The van der Waals surface area contributed by atoms with E-state index in [2.05, 4.69) is 64.1 Å². The number of hydrogen-bond donors (Lipinski definition) is 4. The Balaban J connectivity index is 1.68. The van der Waals surface area contributed by atoms with Crippen molar-refractivity contribution >= 4 is 23.5 Å². The van der Waals surface area contributed by atoms with Gasteiger partial charge in [-0.05, 0) is 122 Å². The minimum absolute atomic E-state index is 0.124. The van der Waals surface area contributed by atoms with E-state index in [1.54, 1.807) is 12.1 Å². The Labute approximate surface area is 411 Å². The molecule has 4 nitrogen and oxygen atoms in total. The highest BCUT2D eigenvalue weighted by molar-refractivity contribution is 7.99. The van der Waals surface area contributed by atoms with Gasteiger partial charge in [-0.3, -0.25) is 0 Å². The van der Waals surface area contributed by atoms with Crippen LogP contribution in [0.5, 0.6) is 23.0 Å². The summed E-state index contributed by atoms with van der Waals surface area (Å²) < 4.78 is 0. The van der Waals surface area contributed by atoms with Gasteiger partial charge in [0.05, 0.1) is 19.6 Å². The van der Waals surface area contributed by atoms with Gasteiger partial charge in [-0.25, -0.2) is 0 Å². The van der Waals surface area contributed by atoms with Crippen LogP contribution in [0.1, 0.15) is 230 Å². The molecule has 0 aromatic heterocycles. The fourth-order valence-electron chi connectivity index (χ4n) is 9.16. The molecule has 0 aliphatic rings. The largest absolute Gasteiger partial charge is 0.507 e. The lowest BCUT2D eigenvalue weighted by Gasteiger charge is -2.18. The summed E-state index contributed by atoms with van der Waals surface area (Å²) in [6.07, 6.45) is 38.3. The zero-order valence-electron chi connectivity index (χ0n) is 42.0. The van der Waals surface area contributed by atoms with Crippen molar-refractivity contribution < 1.29 is 20.4 Å². The SMILES string of the molecule is CCCCCCCCCc1ccc(O)c(Sc2cc(CCCCCCCCC)cc(-c3cc(CCCCCCCCC)cc(Sc4cc(CCCCCCCCC)ccc4O)c3O)c2O)c1. The van der Waals surface area contributed by atoms with Crippen molar-refractivity contribution in [2.24, 2.45) is 0 Å². The molecule has 4 aromatic rings. The van der Waals surface area contributed by atoms with Crippen LogP contribution in [-0.2, 0) is 25.7 Å². The molecule has 0 spiro atoms. The number of phenolic OH excluding ortho intramolecular Hbond substituents is 4. The normalized spacial score (nSPS) is 11.5. The molecule has 0 aliphatic carbocycles. The van der Waals surface area contributed by atoms with Gasteiger partial charge in [0, 0.05) is 11.1 Å². The number of phenols is 4. The summed E-state index contributed by atoms with van der Waals surface area (Å²) in [7, 11) is 0. The summed E-state index contributed by atoms with van der Waals surface area (Å²) in [5, 5.41) is 47.1. The van der Waals surface area contributed by atoms with Gasteiger partial charge in [-0.1, -0.05) is 217 Å². The number of aryl methyl sites for hydroxylation is 4. The summed E-state index contributed by atoms with van der Waals surface area (Å²) in [4.78, 5) is 2.86. The molecule has 0 radical (unpaired) electrons. The van der Waals surface area contributed by atoms with E-state index in [1.807, 2.05) is 12.1 Å². The van der Waals surface area contributed by atoms with Crippen LogP contribution in [0.4, 0.5) is 0 Å². The van der Waals surface area contributed by atoms with Crippen LogP contribution in [-0.4, -0.2) is 20.4 Å². The Morgan fingerprint density at radius 2 is 0.545 bits per heavy atom. The maximum atomic E-state index is 12.3. The first-order valence-corrected chi connectivity index (χ1v) is 28.6. The lowest BCUT2D eigenvalue weighted by Crippen LogP contribution is -1.95. The minimum atomic E-state index is 0.124. The molecule has 4 rings (SSSR count). The van der Waals surface area contributed by atoms with Crippen molar-refractivity contribution in [3.8, 4) is 34.1 Å². The Hall–Kier alpha value is -3.22. The average molecular weight is 940 g/mol. The fourth-order valence-corrected chi connectivity index (χ4v) is 11.2. The summed E-state index contributed by atoms with van der Waals surface area (Å²) >= 11 is 2.84. The van der Waals surface area contributed by atoms with Gasteiger partial charge in [-0.2, -0.15) is 0 Å². The standard InChI is InChI=1S/C60H90O4S2/c1-5-9-13-17-21-25-29-33-47-37-39-53(61)55(43-47)65-57-45-49(35-31-27-23-19-15-11-7-3)41-51(59(57)63)52-42-50(36-32-28-24-20-16-12-8-4)46-58(60(52)64)66-56-44-48(38-40-54(56)62)34-30-26-22-18-14-10-6-2/h37-46,61-64H,5-36H2,1-4H3. The first-order chi connectivity index (χ1) is 32.3. The van der Waals surface area contributed by atoms with Crippen LogP contribution in [0.2, 0.25) is 0 Å². The average Bonchev–Trinajstić information content (AvgIpc) is 3.31. The van der Waals surface area contributed by atoms with Gasteiger partial charge < -0.3 is 20.4 Å². The number of rotatable bonds is 37. The highest BCUT2D eigenvalue weighted by Crippen LogP contribution is 2.50. The van der Waals surface area contributed by atoms with E-state index in [0.29, 0.717) is 20.9 Å². The third kappa shape index (κ3) is 20.6. The second kappa shape index (κ2) is 33.3. The molecule has 0 amide bonds. The monoisotopic (exact) mass is 939 g/mol. The number of aromatic hydroxyl groups is 4. The summed E-state index contributed by atoms with van der Waals surface area (Å²) in [5.41, 5.74) is 5.90. The Morgan fingerprint density at radius 1 is 0.288 bits per heavy atom. The van der Waals surface area contributed by atoms with Crippen molar-refractivity contribution in [2.75, 3.05) is 0 Å². The van der Waals surface area contributed by atoms with E-state index in [9.17, 15) is 20.4 Å². The minimum Gasteiger partial charge on any atom is -0.507 e. The lowest BCUT2D eigenvalue weighted by atomic mass is 9.95. The molecular formula is C60H90O4S2. The lowest BCUT2D eigenvalue weighted by molar-refractivity contribution is 0.454. The number of unbranched alkanes of at least 4 members (excludes halogenated alkanes) is 24. The second-order valence-corrected chi connectivity index (χ2v) is 21.4. The third-order valence-corrected chi connectivity index (χ3v) is 15.5. The topological polar surface area (TPSA) is 80.9 Å². The predicted molar refractivity (Wildman–Crippen MR) is 286 cm³/mol. The molecule has 66 heavy (non-hydrogen) atoms. The zero-order chi connectivity index (χ0) is 47.2. The van der Waals surface area contributed by atoms with Gasteiger partial charge in [0.2, 0.25) is 0 Å². The van der Waals surface area contributed by atoms with E-state index in [1.165, 1.54) is 176 Å². The van der Waals surface area contributed by atoms with E-state index >= 15 is 0 Å². The third-order valence-electron chi connectivity index (χ3n) is 13.3. The first kappa shape index (κ1) is 55.4. The fraction of sp³-hybridized carbons (Fsp3) is 0.600. The van der Waals surface area contributed by atoms with Crippen molar-refractivity contribution in [2.45, 2.75) is 253 Å². The van der Waals surface area contributed by atoms with Gasteiger partial charge in [0.15, 0.2) is 0 Å². The van der Waals surface area contributed by atoms with Crippen molar-refractivity contribution in [3.05, 3.63) is 82.9 Å². The molecule has 0 saturated carbocycles. The molecule has 0 unspecified atom stereocenters. The summed E-state index contributed by atoms with van der Waals surface area (Å²) in [6.45, 7) is 9.04. The number of benzene rings is 4. The summed E-state index contributed by atoms with van der Waals surface area (Å²) in [6, 6.07) is 20.3. The maximum Gasteiger partial charge on any atom is 0.137 e. The van der Waals surface area contributed by atoms with Crippen molar-refractivity contribution in [3.63, 3.8) is 0 Å². The molecule has 0 fully saturated rings. The van der Waals surface area contributed by atoms with Crippen molar-refractivity contribution in [1.29, 1.82) is 0 Å². The quantitative estimate of drug-likeness (QED) is 0.0337. The van der Waals surface area contributed by atoms with Crippen LogP contribution in [0.3, 0.4) is 0 Å². The van der Waals surface area contributed by atoms with Gasteiger partial charge >= 0.3 is 0 Å². The van der Waals surface area contributed by atoms with Crippen molar-refractivity contribution in [1.82, 2.24) is 0 Å². The Morgan fingerprint density at radius 3 is 0.848 bits per heavy atom. The van der Waals surface area contributed by atoms with Crippen LogP contribution >= 0.6 is 23.5 Å². The molecule has 0 saturated heterocycles. The van der Waals surface area contributed by atoms with Crippen LogP contribution in [0, 0.1) is 0 Å². The molecule has 4 aromatic carbocycles. The molecular weight excluding hydrogens is 849 g/mol. The van der Waals surface area contributed by atoms with Crippen LogP contribution < -0.4 is 0 Å². The maximum absolute atomic E-state index is 12.3. The first-order valence-electron chi connectivity index (χ1n) is 27.0. The molecule has 0 atom stereocenters. The van der Waals surface area contributed by atoms with Gasteiger partial charge in [-0.15, -0.1) is 0 Å². The molecule has 6 heteroatoms. The Bertz CT molecular complexity index is 1800. The van der Waals surface area contributed by atoms with E-state index < -0.39 is 0 Å². The molecule has 0 aliphatic heterocycles. The van der Waals surface area contributed by atoms with E-state index in [4.69, 9.17) is 0 Å². The van der Waals surface area contributed by atoms with Crippen LogP contribution in [0.15, 0.2) is 80.2 Å². The predicted octanol–water partition coefficient (Wildman–Crippen LogP) is 19.7.